The van der Waals surface area contributed by atoms with Crippen molar-refractivity contribution in [2.75, 3.05) is 13.2 Å². The van der Waals surface area contributed by atoms with Crippen LogP contribution in [0.4, 0.5) is 0 Å². The van der Waals surface area contributed by atoms with Crippen molar-refractivity contribution in [3.8, 4) is 0 Å². The molecular weight excluding hydrogens is 286 g/mol. The Morgan fingerprint density at radius 1 is 1.22 bits per heavy atom. The molecule has 0 radical (unpaired) electrons. The van der Waals surface area contributed by atoms with E-state index in [1.54, 1.807) is 0 Å². The van der Waals surface area contributed by atoms with Gasteiger partial charge in [-0.3, -0.25) is 4.98 Å². The van der Waals surface area contributed by atoms with E-state index < -0.39 is 0 Å². The number of ether oxygens (including phenoxy) is 1. The van der Waals surface area contributed by atoms with Crippen molar-refractivity contribution >= 4 is 6.02 Å². The van der Waals surface area contributed by atoms with E-state index in [-0.39, 0.29) is 6.04 Å². The molecule has 1 aromatic carbocycles. The molecule has 0 fully saturated rings. The van der Waals surface area contributed by atoms with Crippen LogP contribution in [0.15, 0.2) is 41.7 Å². The van der Waals surface area contributed by atoms with E-state index in [4.69, 9.17) is 4.74 Å². The fourth-order valence-electron chi connectivity index (χ4n) is 2.93. The maximum Gasteiger partial charge on any atom is 0.285 e. The van der Waals surface area contributed by atoms with Gasteiger partial charge >= 0.3 is 0 Å². The van der Waals surface area contributed by atoms with Crippen LogP contribution in [-0.2, 0) is 11.2 Å². The first-order valence-electron chi connectivity index (χ1n) is 8.04. The Kier molecular flexibility index (Phi) is 4.60. The SMILES string of the molecule is Cc1cncc(CC(NC2=NCCO2)c2cccc(C)c2C)c1. The Hall–Kier alpha value is -2.36. The molecule has 0 spiro atoms. The van der Waals surface area contributed by atoms with Gasteiger partial charge in [0.05, 0.1) is 12.6 Å². The average Bonchev–Trinajstić information content (AvgIpc) is 3.02. The lowest BCUT2D eigenvalue weighted by molar-refractivity contribution is 0.324. The van der Waals surface area contributed by atoms with Gasteiger partial charge in [0.15, 0.2) is 0 Å². The Bertz CT molecular complexity index is 724. The first-order valence-corrected chi connectivity index (χ1v) is 8.04. The summed E-state index contributed by atoms with van der Waals surface area (Å²) in [4.78, 5) is 8.69. The minimum Gasteiger partial charge on any atom is -0.463 e. The zero-order chi connectivity index (χ0) is 16.2. The maximum atomic E-state index is 5.56. The largest absolute Gasteiger partial charge is 0.463 e. The lowest BCUT2D eigenvalue weighted by Gasteiger charge is -2.22. The molecule has 0 aliphatic carbocycles. The van der Waals surface area contributed by atoms with Crippen LogP contribution in [-0.4, -0.2) is 24.2 Å². The van der Waals surface area contributed by atoms with Crippen molar-refractivity contribution in [2.24, 2.45) is 4.99 Å². The van der Waals surface area contributed by atoms with E-state index in [0.717, 1.165) is 13.0 Å². The molecule has 0 saturated carbocycles. The third-order valence-electron chi connectivity index (χ3n) is 4.28. The quantitative estimate of drug-likeness (QED) is 0.943. The summed E-state index contributed by atoms with van der Waals surface area (Å²) in [6.07, 6.45) is 4.67. The van der Waals surface area contributed by atoms with E-state index in [0.29, 0.717) is 12.6 Å². The number of pyridine rings is 1. The van der Waals surface area contributed by atoms with E-state index >= 15 is 0 Å². The summed E-state index contributed by atoms with van der Waals surface area (Å²) < 4.78 is 5.56. The second-order valence-electron chi connectivity index (χ2n) is 6.10. The molecule has 0 bridgehead atoms. The van der Waals surface area contributed by atoms with E-state index in [9.17, 15) is 0 Å². The first-order chi connectivity index (χ1) is 11.1. The molecule has 1 aromatic heterocycles. The van der Waals surface area contributed by atoms with Gasteiger partial charge in [-0.15, -0.1) is 0 Å². The van der Waals surface area contributed by atoms with Gasteiger partial charge in [-0.2, -0.15) is 0 Å². The number of aryl methyl sites for hydroxylation is 2. The number of amidine groups is 1. The molecule has 120 valence electrons. The Labute approximate surface area is 137 Å². The lowest BCUT2D eigenvalue weighted by atomic mass is 9.93. The molecule has 1 atom stereocenters. The average molecular weight is 309 g/mol. The van der Waals surface area contributed by atoms with Crippen LogP contribution in [0.25, 0.3) is 0 Å². The number of hydrogen-bond donors (Lipinski definition) is 1. The molecule has 0 saturated heterocycles. The number of hydrogen-bond acceptors (Lipinski definition) is 4. The fourth-order valence-corrected chi connectivity index (χ4v) is 2.93. The van der Waals surface area contributed by atoms with Crippen molar-refractivity contribution in [1.82, 2.24) is 10.3 Å². The zero-order valence-corrected chi connectivity index (χ0v) is 14.0. The van der Waals surface area contributed by atoms with Gasteiger partial charge in [0.25, 0.3) is 6.02 Å². The number of aromatic nitrogens is 1. The van der Waals surface area contributed by atoms with Gasteiger partial charge in [-0.05, 0) is 55.0 Å². The minimum absolute atomic E-state index is 0.121. The highest BCUT2D eigenvalue weighted by atomic mass is 16.5. The number of rotatable bonds is 4. The van der Waals surface area contributed by atoms with Crippen LogP contribution < -0.4 is 5.32 Å². The van der Waals surface area contributed by atoms with E-state index in [1.165, 1.54) is 27.8 Å². The molecule has 1 unspecified atom stereocenters. The number of aliphatic imine (C=N–C) groups is 1. The normalized spacial score (nSPS) is 15.0. The van der Waals surface area contributed by atoms with Crippen LogP contribution in [0.1, 0.15) is 33.9 Å². The lowest BCUT2D eigenvalue weighted by Crippen LogP contribution is -2.30. The number of nitrogens with one attached hydrogen (secondary N) is 1. The molecular formula is C19H23N3O. The standard InChI is InChI=1S/C19H23N3O/c1-13-9-16(12-20-11-13)10-18(22-19-21-7-8-23-19)17-6-4-5-14(2)15(17)3/h4-6,9,11-12,18H,7-8,10H2,1-3H3,(H,21,22). The Morgan fingerprint density at radius 2 is 2.09 bits per heavy atom. The van der Waals surface area contributed by atoms with Crippen molar-refractivity contribution in [3.63, 3.8) is 0 Å². The van der Waals surface area contributed by atoms with E-state index in [2.05, 4.69) is 60.3 Å². The molecule has 1 aliphatic heterocycles. The smallest absolute Gasteiger partial charge is 0.285 e. The topological polar surface area (TPSA) is 46.5 Å². The summed E-state index contributed by atoms with van der Waals surface area (Å²) in [7, 11) is 0. The summed E-state index contributed by atoms with van der Waals surface area (Å²) in [5.41, 5.74) is 6.28. The number of nitrogens with zero attached hydrogens (tertiary/aromatic N) is 2. The molecule has 0 amide bonds. The van der Waals surface area contributed by atoms with Crippen molar-refractivity contribution in [3.05, 3.63) is 64.5 Å². The number of benzene rings is 1. The molecule has 2 aromatic rings. The summed E-state index contributed by atoms with van der Waals surface area (Å²) in [6.45, 7) is 7.78. The maximum absolute atomic E-state index is 5.56. The minimum atomic E-state index is 0.121. The van der Waals surface area contributed by atoms with Crippen molar-refractivity contribution < 1.29 is 4.74 Å². The third kappa shape index (κ3) is 3.70. The predicted octanol–water partition coefficient (Wildman–Crippen LogP) is 3.27. The second kappa shape index (κ2) is 6.82. The molecule has 1 aliphatic rings. The van der Waals surface area contributed by atoms with Crippen LogP contribution in [0.3, 0.4) is 0 Å². The highest BCUT2D eigenvalue weighted by Gasteiger charge is 2.19. The predicted molar refractivity (Wildman–Crippen MR) is 92.7 cm³/mol. The molecule has 4 heteroatoms. The third-order valence-corrected chi connectivity index (χ3v) is 4.28. The molecule has 2 heterocycles. The van der Waals surface area contributed by atoms with Gasteiger partial charge in [0, 0.05) is 12.4 Å². The van der Waals surface area contributed by atoms with Gasteiger partial charge < -0.3 is 10.1 Å². The van der Waals surface area contributed by atoms with E-state index in [1.807, 2.05) is 12.4 Å². The Morgan fingerprint density at radius 3 is 2.83 bits per heavy atom. The summed E-state index contributed by atoms with van der Waals surface area (Å²) >= 11 is 0. The van der Waals surface area contributed by atoms with Crippen molar-refractivity contribution in [1.29, 1.82) is 0 Å². The van der Waals surface area contributed by atoms with Gasteiger partial charge in [-0.1, -0.05) is 24.3 Å². The van der Waals surface area contributed by atoms with Gasteiger partial charge in [0.2, 0.25) is 0 Å². The highest BCUT2D eigenvalue weighted by Crippen LogP contribution is 2.24. The fraction of sp³-hybridized carbons (Fsp3) is 0.368. The molecule has 3 rings (SSSR count). The van der Waals surface area contributed by atoms with Crippen molar-refractivity contribution in [2.45, 2.75) is 33.2 Å². The van der Waals surface area contributed by atoms with Crippen LogP contribution >= 0.6 is 0 Å². The summed E-state index contributed by atoms with van der Waals surface area (Å²) in [5.74, 6) is 0. The Balaban J connectivity index is 1.91. The molecule has 23 heavy (non-hydrogen) atoms. The highest BCUT2D eigenvalue weighted by molar-refractivity contribution is 5.75. The monoisotopic (exact) mass is 309 g/mol. The summed E-state index contributed by atoms with van der Waals surface area (Å²) in [5, 5.41) is 3.47. The first kappa shape index (κ1) is 15.5. The molecule has 1 N–H and O–H groups in total. The van der Waals surface area contributed by atoms with Crippen LogP contribution in [0, 0.1) is 20.8 Å². The molecule has 4 nitrogen and oxygen atoms in total. The van der Waals surface area contributed by atoms with Crippen LogP contribution in [0.2, 0.25) is 0 Å². The van der Waals surface area contributed by atoms with Gasteiger partial charge in [0.1, 0.15) is 6.61 Å². The zero-order valence-electron chi connectivity index (χ0n) is 14.0. The summed E-state index contributed by atoms with van der Waals surface area (Å²) in [6, 6.07) is 9.39. The van der Waals surface area contributed by atoms with Gasteiger partial charge in [-0.25, -0.2) is 4.99 Å². The van der Waals surface area contributed by atoms with Crippen LogP contribution in [0.5, 0.6) is 0 Å². The second-order valence-corrected chi connectivity index (χ2v) is 6.10.